The largest absolute Gasteiger partial charge is 0.378 e. The van der Waals surface area contributed by atoms with Gasteiger partial charge < -0.3 is 30.5 Å². The summed E-state index contributed by atoms with van der Waals surface area (Å²) >= 11 is 5.95. The van der Waals surface area contributed by atoms with E-state index in [9.17, 15) is 0 Å². The van der Waals surface area contributed by atoms with Crippen molar-refractivity contribution in [2.75, 3.05) is 79.9 Å². The summed E-state index contributed by atoms with van der Waals surface area (Å²) in [5, 5.41) is 4.89. The van der Waals surface area contributed by atoms with Gasteiger partial charge in [0, 0.05) is 80.2 Å². The van der Waals surface area contributed by atoms with E-state index in [1.807, 2.05) is 16.8 Å². The molecule has 208 valence electrons. The molecule has 5 heterocycles. The van der Waals surface area contributed by atoms with Crippen LogP contribution in [0.2, 0.25) is 0 Å². The number of benzene rings is 1. The van der Waals surface area contributed by atoms with Crippen LogP contribution in [0.5, 0.6) is 0 Å². The minimum absolute atomic E-state index is 0.218. The molecule has 0 atom stereocenters. The number of fused-ring (bicyclic) bond motifs is 1. The number of likely N-dealkylation sites (N-methyl/N-ethyl adjacent to an activating group) is 1. The van der Waals surface area contributed by atoms with Gasteiger partial charge in [-0.15, -0.1) is 0 Å². The van der Waals surface area contributed by atoms with Crippen molar-refractivity contribution in [1.29, 1.82) is 0 Å². The van der Waals surface area contributed by atoms with Gasteiger partial charge in [0.15, 0.2) is 10.8 Å². The van der Waals surface area contributed by atoms with E-state index in [4.69, 9.17) is 32.7 Å². The van der Waals surface area contributed by atoms with E-state index in [-0.39, 0.29) is 5.95 Å². The molecule has 2 aliphatic rings. The number of rotatable bonds is 5. The lowest BCUT2D eigenvalue weighted by molar-refractivity contribution is 0.122. The first-order chi connectivity index (χ1) is 19.5. The molecule has 2 saturated heterocycles. The monoisotopic (exact) mass is 558 g/mol. The highest BCUT2D eigenvalue weighted by Crippen LogP contribution is 2.30. The van der Waals surface area contributed by atoms with Gasteiger partial charge in [0.1, 0.15) is 0 Å². The van der Waals surface area contributed by atoms with Crippen LogP contribution in [0.1, 0.15) is 12.5 Å². The number of morpholine rings is 1. The first kappa shape index (κ1) is 26.4. The summed E-state index contributed by atoms with van der Waals surface area (Å²) in [6.45, 7) is 12.3. The van der Waals surface area contributed by atoms with Crippen molar-refractivity contribution in [3.05, 3.63) is 48.4 Å². The second-order valence-corrected chi connectivity index (χ2v) is 10.5. The molecule has 0 amide bonds. The van der Waals surface area contributed by atoms with Crippen molar-refractivity contribution >= 4 is 51.6 Å². The van der Waals surface area contributed by atoms with Gasteiger partial charge >= 0.3 is 0 Å². The smallest absolute Gasteiger partial charge is 0.228 e. The predicted molar refractivity (Wildman–Crippen MR) is 163 cm³/mol. The van der Waals surface area contributed by atoms with E-state index in [1.54, 1.807) is 12.4 Å². The molecule has 0 bridgehead atoms. The fourth-order valence-electron chi connectivity index (χ4n) is 5.19. The molecule has 3 N–H and O–H groups in total. The van der Waals surface area contributed by atoms with Crippen molar-refractivity contribution in [1.82, 2.24) is 29.4 Å². The fraction of sp³-hybridized carbons (Fsp3) is 0.393. The van der Waals surface area contributed by atoms with Crippen LogP contribution in [0.4, 0.5) is 23.3 Å². The average Bonchev–Trinajstić information content (AvgIpc) is 3.43. The molecule has 4 aromatic rings. The number of nitrogens with two attached hydrogens (primary N) is 1. The predicted octanol–water partition coefficient (Wildman–Crippen LogP) is 3.00. The number of nitrogens with zero attached hydrogens (tertiary/aromatic N) is 8. The Morgan fingerprint density at radius 2 is 1.75 bits per heavy atom. The van der Waals surface area contributed by atoms with Crippen molar-refractivity contribution < 1.29 is 4.74 Å². The van der Waals surface area contributed by atoms with Gasteiger partial charge in [-0.2, -0.15) is 4.98 Å². The lowest BCUT2D eigenvalue weighted by atomic mass is 10.1. The van der Waals surface area contributed by atoms with Gasteiger partial charge in [0.05, 0.1) is 18.9 Å². The van der Waals surface area contributed by atoms with Crippen LogP contribution in [0.15, 0.2) is 42.9 Å². The summed E-state index contributed by atoms with van der Waals surface area (Å²) in [7, 11) is 0. The molecule has 2 fully saturated rings. The van der Waals surface area contributed by atoms with Gasteiger partial charge in [-0.25, -0.2) is 15.0 Å². The number of hydrogen-bond donors (Lipinski definition) is 2. The van der Waals surface area contributed by atoms with Crippen LogP contribution in [-0.2, 0) is 4.74 Å². The molecule has 0 spiro atoms. The van der Waals surface area contributed by atoms with Crippen LogP contribution >= 0.6 is 12.2 Å². The summed E-state index contributed by atoms with van der Waals surface area (Å²) in [5.41, 5.74) is 11.3. The Morgan fingerprint density at radius 1 is 1.00 bits per heavy atom. The third kappa shape index (κ3) is 5.29. The molecular formula is C28H34N10OS. The molecule has 1 aromatic carbocycles. The minimum atomic E-state index is 0.218. The Bertz CT molecular complexity index is 1510. The van der Waals surface area contributed by atoms with E-state index in [0.29, 0.717) is 43.0 Å². The topological polar surface area (TPSA) is 113 Å². The van der Waals surface area contributed by atoms with E-state index in [1.165, 1.54) is 5.69 Å². The number of piperazine rings is 1. The molecule has 40 heavy (non-hydrogen) atoms. The number of nitrogen functional groups attached to an aromatic ring is 1. The fourth-order valence-corrected chi connectivity index (χ4v) is 5.45. The summed E-state index contributed by atoms with van der Waals surface area (Å²) in [6, 6.07) is 8.52. The summed E-state index contributed by atoms with van der Waals surface area (Å²) in [6.07, 6.45) is 5.31. The van der Waals surface area contributed by atoms with Gasteiger partial charge in [0.25, 0.3) is 0 Å². The summed E-state index contributed by atoms with van der Waals surface area (Å²) in [4.78, 5) is 25.3. The molecular weight excluding hydrogens is 524 g/mol. The van der Waals surface area contributed by atoms with Crippen LogP contribution in [-0.4, -0.2) is 93.5 Å². The Hall–Kier alpha value is -3.87. The molecule has 0 radical (unpaired) electrons. The normalized spacial score (nSPS) is 16.4. The van der Waals surface area contributed by atoms with Crippen LogP contribution < -0.4 is 20.9 Å². The molecule has 11 nitrogen and oxygen atoms in total. The number of anilines is 4. The first-order valence-electron chi connectivity index (χ1n) is 13.7. The Kier molecular flexibility index (Phi) is 7.46. The quantitative estimate of drug-likeness (QED) is 0.353. The average molecular weight is 559 g/mol. The van der Waals surface area contributed by atoms with Crippen molar-refractivity contribution in [2.24, 2.45) is 0 Å². The van der Waals surface area contributed by atoms with Gasteiger partial charge in [0.2, 0.25) is 11.9 Å². The molecule has 12 heteroatoms. The number of aryl methyl sites for hydroxylation is 1. The lowest BCUT2D eigenvalue weighted by Gasteiger charge is -2.35. The van der Waals surface area contributed by atoms with E-state index >= 15 is 0 Å². The second-order valence-electron chi connectivity index (χ2n) is 10.1. The van der Waals surface area contributed by atoms with Gasteiger partial charge in [-0.05, 0) is 49.4 Å². The van der Waals surface area contributed by atoms with Crippen molar-refractivity contribution in [3.63, 3.8) is 0 Å². The number of nitrogens with one attached hydrogen (secondary N) is 1. The molecule has 6 rings (SSSR count). The molecule has 3 aromatic heterocycles. The first-order valence-corrected chi connectivity index (χ1v) is 14.1. The Labute approximate surface area is 239 Å². The SMILES string of the molecule is CCN1CCN(c2ccc(C)c(NC(=S)n3ccc4c(-c5cnc(N)nc5)nc(N5CCOCC5)nc43)c2)CC1. The minimum Gasteiger partial charge on any atom is -0.378 e. The second kappa shape index (κ2) is 11.3. The van der Waals surface area contributed by atoms with Crippen LogP contribution in [0.25, 0.3) is 22.3 Å². The number of hydrogen-bond acceptors (Lipinski definition) is 10. The number of ether oxygens (including phenoxy) is 1. The third-order valence-electron chi connectivity index (χ3n) is 7.64. The maximum Gasteiger partial charge on any atom is 0.228 e. The maximum absolute atomic E-state index is 5.95. The van der Waals surface area contributed by atoms with Crippen LogP contribution in [0.3, 0.4) is 0 Å². The van der Waals surface area contributed by atoms with Gasteiger partial charge in [-0.3, -0.25) is 4.57 Å². The maximum atomic E-state index is 5.95. The highest BCUT2D eigenvalue weighted by molar-refractivity contribution is 7.80. The molecule has 0 unspecified atom stereocenters. The number of aromatic nitrogens is 5. The molecule has 0 aliphatic carbocycles. The zero-order valence-corrected chi connectivity index (χ0v) is 23.7. The standard InChI is InChI=1S/C28H34N10OS/c1-3-35-8-10-36(11-9-35)21-5-4-19(2)23(16-21)32-28(40)38-7-6-22-24(20-17-30-26(29)31-18-20)33-27(34-25(22)38)37-12-14-39-15-13-37/h4-7,16-18H,3,8-15H2,1-2H3,(H,32,40)(H2,29,30,31). The van der Waals surface area contributed by atoms with E-state index in [2.05, 4.69) is 62.0 Å². The highest BCUT2D eigenvalue weighted by atomic mass is 32.1. The van der Waals surface area contributed by atoms with Crippen molar-refractivity contribution in [2.45, 2.75) is 13.8 Å². The van der Waals surface area contributed by atoms with E-state index < -0.39 is 0 Å². The lowest BCUT2D eigenvalue weighted by Crippen LogP contribution is -2.46. The van der Waals surface area contributed by atoms with Crippen molar-refractivity contribution in [3.8, 4) is 11.3 Å². The summed E-state index contributed by atoms with van der Waals surface area (Å²) < 4.78 is 7.46. The molecule has 2 aliphatic heterocycles. The van der Waals surface area contributed by atoms with Gasteiger partial charge in [-0.1, -0.05) is 13.0 Å². The zero-order chi connectivity index (χ0) is 27.6. The number of thiocarbonyl (C=S) groups is 1. The Morgan fingerprint density at radius 3 is 2.48 bits per heavy atom. The third-order valence-corrected chi connectivity index (χ3v) is 7.94. The van der Waals surface area contributed by atoms with E-state index in [0.717, 1.165) is 60.6 Å². The molecule has 0 saturated carbocycles. The summed E-state index contributed by atoms with van der Waals surface area (Å²) in [5.74, 6) is 0.838. The highest BCUT2D eigenvalue weighted by Gasteiger charge is 2.21. The Balaban J connectivity index is 1.33. The zero-order valence-electron chi connectivity index (χ0n) is 22.9. The van der Waals surface area contributed by atoms with Crippen LogP contribution in [0, 0.1) is 6.92 Å².